The summed E-state index contributed by atoms with van der Waals surface area (Å²) in [7, 11) is 1.96. The van der Waals surface area contributed by atoms with Gasteiger partial charge in [-0.2, -0.15) is 0 Å². The quantitative estimate of drug-likeness (QED) is 0.748. The number of hydrogen-bond acceptors (Lipinski definition) is 7. The van der Waals surface area contributed by atoms with Crippen molar-refractivity contribution in [3.8, 4) is 5.75 Å². The van der Waals surface area contributed by atoms with Crippen molar-refractivity contribution < 1.29 is 14.2 Å². The molecule has 3 rings (SSSR count). The molecule has 0 spiro atoms. The van der Waals surface area contributed by atoms with Crippen LogP contribution in [0, 0.1) is 0 Å². The lowest BCUT2D eigenvalue weighted by atomic mass is 10.2. The largest absolute Gasteiger partial charge is 0.491 e. The zero-order chi connectivity index (χ0) is 17.6. The van der Waals surface area contributed by atoms with Crippen molar-refractivity contribution in [2.45, 2.75) is 32.6 Å². The summed E-state index contributed by atoms with van der Waals surface area (Å²) in [5, 5.41) is 12.1. The molecule has 25 heavy (non-hydrogen) atoms. The molecule has 1 atom stereocenters. The standard InChI is InChI=1S/C17H25N5O3/c1-13(2)25-15-6-4-5-14(9-15)10-22-17(18-19-20-22)21(3)11-16-12-23-7-8-24-16/h4-6,9,13,16H,7-8,10-12H2,1-3H3. The molecular weight excluding hydrogens is 322 g/mol. The summed E-state index contributed by atoms with van der Waals surface area (Å²) in [6.45, 7) is 7.16. The Morgan fingerprint density at radius 2 is 2.24 bits per heavy atom. The van der Waals surface area contributed by atoms with Gasteiger partial charge in [0.2, 0.25) is 5.95 Å². The molecule has 0 saturated carbocycles. The van der Waals surface area contributed by atoms with Gasteiger partial charge >= 0.3 is 0 Å². The minimum Gasteiger partial charge on any atom is -0.491 e. The summed E-state index contributed by atoms with van der Waals surface area (Å²) < 4.78 is 18.7. The predicted octanol–water partition coefficient (Wildman–Crippen LogP) is 1.36. The van der Waals surface area contributed by atoms with Gasteiger partial charge in [0, 0.05) is 13.6 Å². The number of likely N-dealkylation sites (N-methyl/N-ethyl adjacent to an activating group) is 1. The Morgan fingerprint density at radius 3 is 3.00 bits per heavy atom. The molecule has 2 aromatic rings. The highest BCUT2D eigenvalue weighted by atomic mass is 16.6. The number of hydrogen-bond donors (Lipinski definition) is 0. The van der Waals surface area contributed by atoms with Crippen molar-refractivity contribution in [2.24, 2.45) is 0 Å². The van der Waals surface area contributed by atoms with E-state index >= 15 is 0 Å². The molecule has 0 aliphatic carbocycles. The fraction of sp³-hybridized carbons (Fsp3) is 0.588. The van der Waals surface area contributed by atoms with E-state index in [0.29, 0.717) is 38.9 Å². The summed E-state index contributed by atoms with van der Waals surface area (Å²) in [5.74, 6) is 1.55. The van der Waals surface area contributed by atoms with Crippen molar-refractivity contribution in [1.29, 1.82) is 0 Å². The first-order valence-corrected chi connectivity index (χ1v) is 8.54. The van der Waals surface area contributed by atoms with E-state index in [1.807, 2.05) is 50.1 Å². The average Bonchev–Trinajstić information content (AvgIpc) is 3.04. The van der Waals surface area contributed by atoms with Gasteiger partial charge in [-0.1, -0.05) is 17.2 Å². The van der Waals surface area contributed by atoms with Gasteiger partial charge in [0.05, 0.1) is 38.6 Å². The van der Waals surface area contributed by atoms with E-state index in [1.54, 1.807) is 4.68 Å². The first kappa shape index (κ1) is 17.6. The Kier molecular flexibility index (Phi) is 5.83. The van der Waals surface area contributed by atoms with Crippen LogP contribution < -0.4 is 9.64 Å². The second-order valence-electron chi connectivity index (χ2n) is 6.40. The van der Waals surface area contributed by atoms with Crippen LogP contribution in [0.3, 0.4) is 0 Å². The molecule has 8 heteroatoms. The highest BCUT2D eigenvalue weighted by Gasteiger charge is 2.20. The van der Waals surface area contributed by atoms with Crippen LogP contribution in [0.5, 0.6) is 5.75 Å². The molecule has 1 aliphatic rings. The second-order valence-corrected chi connectivity index (χ2v) is 6.40. The Bertz CT molecular complexity index is 670. The van der Waals surface area contributed by atoms with E-state index in [-0.39, 0.29) is 12.2 Å². The molecule has 0 amide bonds. The monoisotopic (exact) mass is 347 g/mol. The molecule has 136 valence electrons. The van der Waals surface area contributed by atoms with E-state index < -0.39 is 0 Å². The lowest BCUT2D eigenvalue weighted by Crippen LogP contribution is -2.39. The van der Waals surface area contributed by atoms with Crippen LogP contribution in [0.25, 0.3) is 0 Å². The minimum absolute atomic E-state index is 0.0340. The Hall–Kier alpha value is -2.19. The molecule has 0 radical (unpaired) electrons. The van der Waals surface area contributed by atoms with Crippen LogP contribution in [0.1, 0.15) is 19.4 Å². The van der Waals surface area contributed by atoms with Crippen LogP contribution in [0.4, 0.5) is 5.95 Å². The van der Waals surface area contributed by atoms with Crippen molar-refractivity contribution in [1.82, 2.24) is 20.2 Å². The van der Waals surface area contributed by atoms with Crippen LogP contribution >= 0.6 is 0 Å². The molecule has 0 N–H and O–H groups in total. The summed E-state index contributed by atoms with van der Waals surface area (Å²) in [6, 6.07) is 7.99. The van der Waals surface area contributed by atoms with Crippen molar-refractivity contribution in [3.05, 3.63) is 29.8 Å². The summed E-state index contributed by atoms with van der Waals surface area (Å²) in [5.41, 5.74) is 1.08. The fourth-order valence-corrected chi connectivity index (χ4v) is 2.77. The molecule has 1 unspecified atom stereocenters. The SMILES string of the molecule is CC(C)Oc1cccc(Cn2nnnc2N(C)CC2COCCO2)c1. The number of benzene rings is 1. The maximum Gasteiger partial charge on any atom is 0.245 e. The van der Waals surface area contributed by atoms with Crippen molar-refractivity contribution in [3.63, 3.8) is 0 Å². The molecule has 1 aromatic heterocycles. The summed E-state index contributed by atoms with van der Waals surface area (Å²) in [4.78, 5) is 1.99. The van der Waals surface area contributed by atoms with Crippen molar-refractivity contribution in [2.75, 3.05) is 38.3 Å². The van der Waals surface area contributed by atoms with Gasteiger partial charge in [-0.05, 0) is 42.0 Å². The van der Waals surface area contributed by atoms with E-state index in [1.165, 1.54) is 0 Å². The lowest BCUT2D eigenvalue weighted by Gasteiger charge is -2.27. The number of tetrazole rings is 1. The Morgan fingerprint density at radius 1 is 1.36 bits per heavy atom. The van der Waals surface area contributed by atoms with Gasteiger partial charge in [-0.15, -0.1) is 0 Å². The van der Waals surface area contributed by atoms with Crippen LogP contribution in [-0.4, -0.2) is 65.8 Å². The van der Waals surface area contributed by atoms with Crippen molar-refractivity contribution >= 4 is 5.95 Å². The third-order valence-corrected chi connectivity index (χ3v) is 3.82. The molecule has 1 aromatic carbocycles. The highest BCUT2D eigenvalue weighted by molar-refractivity contribution is 5.31. The normalized spacial score (nSPS) is 17.7. The zero-order valence-electron chi connectivity index (χ0n) is 15.0. The van der Waals surface area contributed by atoms with E-state index in [2.05, 4.69) is 15.5 Å². The lowest BCUT2D eigenvalue weighted by molar-refractivity contribution is -0.0838. The molecule has 2 heterocycles. The maximum absolute atomic E-state index is 5.75. The van der Waals surface area contributed by atoms with E-state index in [4.69, 9.17) is 14.2 Å². The van der Waals surface area contributed by atoms with Gasteiger partial charge in [0.15, 0.2) is 0 Å². The summed E-state index contributed by atoms with van der Waals surface area (Å²) >= 11 is 0. The maximum atomic E-state index is 5.75. The minimum atomic E-state index is 0.0340. The number of aromatic nitrogens is 4. The number of rotatable bonds is 7. The molecule has 0 bridgehead atoms. The van der Waals surface area contributed by atoms with Gasteiger partial charge < -0.3 is 19.1 Å². The van der Waals surface area contributed by atoms with E-state index in [9.17, 15) is 0 Å². The highest BCUT2D eigenvalue weighted by Crippen LogP contribution is 2.17. The molecule has 1 aliphatic heterocycles. The van der Waals surface area contributed by atoms with Gasteiger partial charge in [-0.3, -0.25) is 0 Å². The smallest absolute Gasteiger partial charge is 0.245 e. The Labute approximate surface area is 147 Å². The third-order valence-electron chi connectivity index (χ3n) is 3.82. The number of anilines is 1. The number of nitrogens with zero attached hydrogens (tertiary/aromatic N) is 5. The third kappa shape index (κ3) is 4.90. The fourth-order valence-electron chi connectivity index (χ4n) is 2.77. The second kappa shape index (κ2) is 8.26. The number of ether oxygens (including phenoxy) is 3. The van der Waals surface area contributed by atoms with Crippen LogP contribution in [0.15, 0.2) is 24.3 Å². The van der Waals surface area contributed by atoms with Gasteiger partial charge in [-0.25, -0.2) is 4.68 Å². The van der Waals surface area contributed by atoms with Crippen LogP contribution in [-0.2, 0) is 16.0 Å². The molecule has 1 fully saturated rings. The average molecular weight is 347 g/mol. The first-order valence-electron chi connectivity index (χ1n) is 8.54. The topological polar surface area (TPSA) is 74.5 Å². The molecule has 8 nitrogen and oxygen atoms in total. The molecular formula is C17H25N5O3. The van der Waals surface area contributed by atoms with Gasteiger partial charge in [0.25, 0.3) is 0 Å². The Balaban J connectivity index is 1.66. The van der Waals surface area contributed by atoms with Gasteiger partial charge in [0.1, 0.15) is 5.75 Å². The zero-order valence-corrected chi connectivity index (χ0v) is 15.0. The molecule has 1 saturated heterocycles. The first-order chi connectivity index (χ1) is 12.1. The summed E-state index contributed by atoms with van der Waals surface area (Å²) in [6.07, 6.45) is 0.175. The van der Waals surface area contributed by atoms with Crippen LogP contribution in [0.2, 0.25) is 0 Å². The van der Waals surface area contributed by atoms with E-state index in [0.717, 1.165) is 11.3 Å². The predicted molar refractivity (Wildman–Crippen MR) is 93.0 cm³/mol.